The van der Waals surface area contributed by atoms with Gasteiger partial charge in [-0.25, -0.2) is 24.3 Å². The van der Waals surface area contributed by atoms with Crippen LogP contribution in [-0.2, 0) is 11.2 Å². The van der Waals surface area contributed by atoms with Gasteiger partial charge in [0.25, 0.3) is 0 Å². The minimum Gasteiger partial charge on any atom is -0.363 e. The van der Waals surface area contributed by atoms with E-state index < -0.39 is 11.7 Å². The first kappa shape index (κ1) is 25.5. The highest BCUT2D eigenvalue weighted by Gasteiger charge is 2.35. The smallest absolute Gasteiger partial charge is 0.230 e. The number of anilines is 2. The van der Waals surface area contributed by atoms with Crippen molar-refractivity contribution in [2.24, 2.45) is 0 Å². The normalized spacial score (nSPS) is 17.6. The molecule has 190 valence electrons. The van der Waals surface area contributed by atoms with Gasteiger partial charge in [-0.05, 0) is 64.3 Å². The Labute approximate surface area is 212 Å². The fourth-order valence-corrected chi connectivity index (χ4v) is 4.68. The van der Waals surface area contributed by atoms with E-state index in [-0.39, 0.29) is 11.4 Å². The van der Waals surface area contributed by atoms with Crippen molar-refractivity contribution in [2.75, 3.05) is 37.4 Å². The lowest BCUT2D eigenvalue weighted by molar-refractivity contribution is -0.133. The van der Waals surface area contributed by atoms with Gasteiger partial charge < -0.3 is 15.1 Å². The summed E-state index contributed by atoms with van der Waals surface area (Å²) in [6, 6.07) is 5.56. The lowest BCUT2D eigenvalue weighted by atomic mass is 9.87. The number of pyridine rings is 2. The van der Waals surface area contributed by atoms with E-state index in [4.69, 9.17) is 4.98 Å². The second kappa shape index (κ2) is 10.2. The summed E-state index contributed by atoms with van der Waals surface area (Å²) in [6.45, 7) is 8.79. The lowest BCUT2D eigenvalue weighted by Crippen LogP contribution is -2.51. The molecule has 0 aromatic carbocycles. The Balaban J connectivity index is 1.53. The van der Waals surface area contributed by atoms with E-state index in [1.807, 2.05) is 27.9 Å². The third-order valence-electron chi connectivity index (χ3n) is 6.86. The van der Waals surface area contributed by atoms with Crippen molar-refractivity contribution in [2.45, 2.75) is 52.0 Å². The number of hydrogen-bond donors (Lipinski definition) is 1. The molecule has 0 bridgehead atoms. The fourth-order valence-electron chi connectivity index (χ4n) is 4.68. The Bertz CT molecular complexity index is 1250. The van der Waals surface area contributed by atoms with Crippen LogP contribution >= 0.6 is 0 Å². The number of carbonyl (C=O) groups excluding carboxylic acids is 1. The number of amides is 1. The molecule has 0 saturated carbocycles. The molecule has 8 nitrogen and oxygen atoms in total. The summed E-state index contributed by atoms with van der Waals surface area (Å²) in [7, 11) is 3.68. The summed E-state index contributed by atoms with van der Waals surface area (Å²) in [5, 5.41) is 3.59. The zero-order valence-electron chi connectivity index (χ0n) is 21.8. The van der Waals surface area contributed by atoms with Crippen LogP contribution in [0.3, 0.4) is 0 Å². The first-order chi connectivity index (χ1) is 17.1. The van der Waals surface area contributed by atoms with E-state index in [0.717, 1.165) is 35.5 Å². The number of likely N-dealkylation sites (N-methyl/N-ethyl adjacent to an activating group) is 1. The highest BCUT2D eigenvalue weighted by molar-refractivity contribution is 5.84. The van der Waals surface area contributed by atoms with Gasteiger partial charge in [0.1, 0.15) is 17.5 Å². The van der Waals surface area contributed by atoms with Gasteiger partial charge in [0.05, 0.1) is 23.3 Å². The monoisotopic (exact) mass is 491 g/mol. The van der Waals surface area contributed by atoms with E-state index in [2.05, 4.69) is 33.3 Å². The van der Waals surface area contributed by atoms with E-state index >= 15 is 0 Å². The highest BCUT2D eigenvalue weighted by atomic mass is 19.1. The van der Waals surface area contributed by atoms with Gasteiger partial charge in [0.2, 0.25) is 5.91 Å². The van der Waals surface area contributed by atoms with Crippen molar-refractivity contribution in [1.82, 2.24) is 24.8 Å². The molecule has 0 saturated heterocycles. The second-order valence-electron chi connectivity index (χ2n) is 9.92. The maximum Gasteiger partial charge on any atom is 0.230 e. The van der Waals surface area contributed by atoms with E-state index in [0.29, 0.717) is 30.3 Å². The molecule has 0 unspecified atom stereocenters. The molecule has 0 spiro atoms. The molecular weight excluding hydrogens is 457 g/mol. The summed E-state index contributed by atoms with van der Waals surface area (Å²) >= 11 is 0. The second-order valence-corrected chi connectivity index (χ2v) is 9.92. The Hall–Kier alpha value is -3.62. The van der Waals surface area contributed by atoms with Crippen LogP contribution in [-0.4, -0.2) is 63.5 Å². The molecule has 1 N–H and O–H groups in total. The first-order valence-electron chi connectivity index (χ1n) is 12.3. The molecule has 36 heavy (non-hydrogen) atoms. The predicted molar refractivity (Wildman–Crippen MR) is 140 cm³/mol. The minimum absolute atomic E-state index is 0.109. The van der Waals surface area contributed by atoms with Crippen LogP contribution in [0.4, 0.5) is 16.0 Å². The lowest BCUT2D eigenvalue weighted by Gasteiger charge is -2.40. The molecule has 1 aliphatic heterocycles. The zero-order chi connectivity index (χ0) is 26.0. The van der Waals surface area contributed by atoms with Crippen molar-refractivity contribution in [3.63, 3.8) is 0 Å². The third-order valence-corrected chi connectivity index (χ3v) is 6.86. The van der Waals surface area contributed by atoms with Gasteiger partial charge in [-0.2, -0.15) is 0 Å². The molecule has 3 aromatic heterocycles. The summed E-state index contributed by atoms with van der Waals surface area (Å²) in [4.78, 5) is 34.8. The predicted octanol–water partition coefficient (Wildman–Crippen LogP) is 4.22. The zero-order valence-corrected chi connectivity index (χ0v) is 21.8. The summed E-state index contributed by atoms with van der Waals surface area (Å²) in [5.74, 6) is 0.908. The number of fused-ring (bicyclic) bond motifs is 1. The Kier molecular flexibility index (Phi) is 7.19. The Morgan fingerprint density at radius 3 is 2.61 bits per heavy atom. The molecular formula is C27H34FN7O. The van der Waals surface area contributed by atoms with Crippen LogP contribution in [0.15, 0.2) is 36.8 Å². The van der Waals surface area contributed by atoms with Crippen molar-refractivity contribution in [1.29, 1.82) is 0 Å². The highest BCUT2D eigenvalue weighted by Crippen LogP contribution is 2.34. The Morgan fingerprint density at radius 1 is 1.22 bits per heavy atom. The molecule has 1 amide bonds. The van der Waals surface area contributed by atoms with Crippen LogP contribution in [0.5, 0.6) is 0 Å². The van der Waals surface area contributed by atoms with Gasteiger partial charge >= 0.3 is 0 Å². The molecule has 4 rings (SSSR count). The first-order valence-corrected chi connectivity index (χ1v) is 12.3. The summed E-state index contributed by atoms with van der Waals surface area (Å²) in [6.07, 6.45) is 6.29. The fraction of sp³-hybridized carbons (Fsp3) is 0.444. The molecule has 9 heteroatoms. The summed E-state index contributed by atoms with van der Waals surface area (Å²) in [5.41, 5.74) is 2.87. The van der Waals surface area contributed by atoms with Crippen molar-refractivity contribution >= 4 is 17.5 Å². The average Bonchev–Trinajstić information content (AvgIpc) is 2.86. The minimum atomic E-state index is -0.625. The van der Waals surface area contributed by atoms with Crippen LogP contribution in [0.25, 0.3) is 11.4 Å². The number of aromatic nitrogens is 4. The van der Waals surface area contributed by atoms with E-state index in [1.165, 1.54) is 6.20 Å². The van der Waals surface area contributed by atoms with Gasteiger partial charge in [-0.1, -0.05) is 0 Å². The third kappa shape index (κ3) is 5.15. The number of aryl methyl sites for hydroxylation is 2. The number of nitrogens with one attached hydrogen (secondary N) is 1. The van der Waals surface area contributed by atoms with Gasteiger partial charge in [0, 0.05) is 50.7 Å². The van der Waals surface area contributed by atoms with Crippen molar-refractivity contribution < 1.29 is 9.18 Å². The molecule has 1 aliphatic rings. The van der Waals surface area contributed by atoms with Crippen molar-refractivity contribution in [3.8, 4) is 11.4 Å². The molecule has 0 radical (unpaired) electrons. The topological polar surface area (TPSA) is 87.1 Å². The van der Waals surface area contributed by atoms with Crippen LogP contribution < -0.4 is 10.2 Å². The number of halogens is 1. The van der Waals surface area contributed by atoms with E-state index in [9.17, 15) is 9.18 Å². The molecule has 0 aliphatic carbocycles. The maximum atomic E-state index is 14.6. The van der Waals surface area contributed by atoms with Gasteiger partial charge in [-0.3, -0.25) is 4.79 Å². The standard InChI is InChI=1S/C27H34FN7O/c1-7-35(26(36)17(2)20-14-23(34(5)6)31-15-22(20)28)16-27(4)10-9-19-13-21(18(3)32-24(19)33-27)25-29-11-8-12-30-25/h8,11-15,17H,7,9-10,16H2,1-6H3,(H,32,33)/t17-,27-/m1/s1. The number of rotatable bonds is 7. The number of carbonyl (C=O) groups is 1. The SMILES string of the molecule is CCN(C[C@@]1(C)CCc2cc(-c3ncccn3)c(C)nc2N1)C(=O)[C@H](C)c1cc(N(C)C)ncc1F. The molecule has 2 atom stereocenters. The quantitative estimate of drug-likeness (QED) is 0.530. The number of hydrogen-bond acceptors (Lipinski definition) is 7. The number of nitrogens with zero attached hydrogens (tertiary/aromatic N) is 6. The molecule has 3 aromatic rings. The molecule has 0 fully saturated rings. The van der Waals surface area contributed by atoms with Crippen molar-refractivity contribution in [3.05, 3.63) is 59.4 Å². The van der Waals surface area contributed by atoms with Crippen LogP contribution in [0.1, 0.15) is 49.9 Å². The van der Waals surface area contributed by atoms with Crippen LogP contribution in [0, 0.1) is 12.7 Å². The average molecular weight is 492 g/mol. The largest absolute Gasteiger partial charge is 0.363 e. The van der Waals surface area contributed by atoms with Gasteiger partial charge in [0.15, 0.2) is 5.82 Å². The van der Waals surface area contributed by atoms with Gasteiger partial charge in [-0.15, -0.1) is 0 Å². The Morgan fingerprint density at radius 2 is 1.94 bits per heavy atom. The van der Waals surface area contributed by atoms with Crippen LogP contribution in [0.2, 0.25) is 0 Å². The summed E-state index contributed by atoms with van der Waals surface area (Å²) < 4.78 is 14.6. The maximum absolute atomic E-state index is 14.6. The molecule has 4 heterocycles. The van der Waals surface area contributed by atoms with E-state index in [1.54, 1.807) is 41.2 Å².